The Morgan fingerprint density at radius 1 is 0.850 bits per heavy atom. The minimum atomic E-state index is -4.12. The van der Waals surface area contributed by atoms with Gasteiger partial charge in [-0.05, 0) is 42.0 Å². The molecule has 1 aliphatic heterocycles. The maximum absolute atomic E-state index is 13.9. The first-order chi connectivity index (χ1) is 19.3. The van der Waals surface area contributed by atoms with Crippen molar-refractivity contribution in [3.63, 3.8) is 0 Å². The SMILES string of the molecule is COc1ccc(N(CC(=O)N2CCN(C/C=C/c3ccccc3)CC2)S(=O)(=O)c2ccc(OC)c(OC)c2)cc1. The Morgan fingerprint density at radius 3 is 2.15 bits per heavy atom. The van der Waals surface area contributed by atoms with E-state index in [0.717, 1.165) is 16.4 Å². The summed E-state index contributed by atoms with van der Waals surface area (Å²) in [6.45, 7) is 2.89. The van der Waals surface area contributed by atoms with Gasteiger partial charge in [0.1, 0.15) is 12.3 Å². The van der Waals surface area contributed by atoms with E-state index in [1.165, 1.54) is 39.5 Å². The van der Waals surface area contributed by atoms with Crippen LogP contribution in [0.25, 0.3) is 6.08 Å². The highest BCUT2D eigenvalue weighted by Gasteiger charge is 2.31. The third-order valence-electron chi connectivity index (χ3n) is 6.78. The summed E-state index contributed by atoms with van der Waals surface area (Å²) in [4.78, 5) is 17.4. The van der Waals surface area contributed by atoms with Crippen LogP contribution in [0.3, 0.4) is 0 Å². The summed E-state index contributed by atoms with van der Waals surface area (Å²) in [5.74, 6) is 1.00. The molecule has 0 atom stereocenters. The smallest absolute Gasteiger partial charge is 0.264 e. The number of piperazine rings is 1. The minimum absolute atomic E-state index is 0.0104. The number of carbonyl (C=O) groups excluding carboxylic acids is 1. The molecule has 10 heteroatoms. The fourth-order valence-electron chi connectivity index (χ4n) is 4.47. The van der Waals surface area contributed by atoms with E-state index in [2.05, 4.69) is 29.2 Å². The van der Waals surface area contributed by atoms with E-state index in [9.17, 15) is 13.2 Å². The van der Waals surface area contributed by atoms with E-state index in [1.807, 2.05) is 18.2 Å². The number of anilines is 1. The molecule has 212 valence electrons. The van der Waals surface area contributed by atoms with Crippen molar-refractivity contribution in [3.05, 3.63) is 84.4 Å². The van der Waals surface area contributed by atoms with Gasteiger partial charge < -0.3 is 19.1 Å². The first kappa shape index (κ1) is 29.0. The van der Waals surface area contributed by atoms with E-state index in [-0.39, 0.29) is 23.1 Å². The van der Waals surface area contributed by atoms with Crippen molar-refractivity contribution in [2.75, 3.05) is 64.9 Å². The Labute approximate surface area is 236 Å². The lowest BCUT2D eigenvalue weighted by Crippen LogP contribution is -2.51. The lowest BCUT2D eigenvalue weighted by molar-refractivity contribution is -0.131. The van der Waals surface area contributed by atoms with Gasteiger partial charge in [0.25, 0.3) is 10.0 Å². The fraction of sp³-hybridized carbons (Fsp3) is 0.300. The molecule has 0 bridgehead atoms. The Balaban J connectivity index is 1.48. The van der Waals surface area contributed by atoms with E-state index in [1.54, 1.807) is 29.2 Å². The number of hydrogen-bond donors (Lipinski definition) is 0. The van der Waals surface area contributed by atoms with Crippen LogP contribution in [0.2, 0.25) is 0 Å². The van der Waals surface area contributed by atoms with Crippen LogP contribution in [0.1, 0.15) is 5.56 Å². The largest absolute Gasteiger partial charge is 0.497 e. The van der Waals surface area contributed by atoms with Crippen LogP contribution in [0.5, 0.6) is 17.2 Å². The minimum Gasteiger partial charge on any atom is -0.497 e. The maximum atomic E-state index is 13.9. The molecular formula is C30H35N3O6S. The summed E-state index contributed by atoms with van der Waals surface area (Å²) < 4.78 is 44.7. The molecule has 1 heterocycles. The van der Waals surface area contributed by atoms with Crippen molar-refractivity contribution in [1.82, 2.24) is 9.80 Å². The van der Waals surface area contributed by atoms with Crippen molar-refractivity contribution in [3.8, 4) is 17.2 Å². The Hall–Kier alpha value is -4.02. The monoisotopic (exact) mass is 565 g/mol. The first-order valence-corrected chi connectivity index (χ1v) is 14.4. The van der Waals surface area contributed by atoms with Crippen molar-refractivity contribution in [2.24, 2.45) is 0 Å². The average molecular weight is 566 g/mol. The van der Waals surface area contributed by atoms with Gasteiger partial charge in [-0.15, -0.1) is 0 Å². The summed E-state index contributed by atoms with van der Waals surface area (Å²) >= 11 is 0. The second-order valence-electron chi connectivity index (χ2n) is 9.22. The highest BCUT2D eigenvalue weighted by molar-refractivity contribution is 7.92. The molecule has 0 unspecified atom stereocenters. The van der Waals surface area contributed by atoms with Gasteiger partial charge in [-0.25, -0.2) is 8.42 Å². The van der Waals surface area contributed by atoms with Crippen LogP contribution in [-0.4, -0.2) is 84.7 Å². The molecule has 9 nitrogen and oxygen atoms in total. The van der Waals surface area contributed by atoms with Gasteiger partial charge in [-0.2, -0.15) is 0 Å². The zero-order chi connectivity index (χ0) is 28.5. The predicted molar refractivity (Wildman–Crippen MR) is 156 cm³/mol. The molecule has 0 spiro atoms. The van der Waals surface area contributed by atoms with Gasteiger partial charge in [-0.1, -0.05) is 42.5 Å². The highest BCUT2D eigenvalue weighted by atomic mass is 32.2. The molecule has 3 aromatic carbocycles. The molecule has 0 saturated carbocycles. The molecule has 0 N–H and O–H groups in total. The maximum Gasteiger partial charge on any atom is 0.264 e. The number of sulfonamides is 1. The average Bonchev–Trinajstić information content (AvgIpc) is 3.00. The lowest BCUT2D eigenvalue weighted by atomic mass is 10.2. The quantitative estimate of drug-likeness (QED) is 0.350. The normalized spacial score (nSPS) is 14.2. The number of amides is 1. The van der Waals surface area contributed by atoms with Crippen LogP contribution in [0.15, 0.2) is 83.8 Å². The predicted octanol–water partition coefficient (Wildman–Crippen LogP) is 3.77. The number of benzene rings is 3. The van der Waals surface area contributed by atoms with E-state index in [4.69, 9.17) is 14.2 Å². The van der Waals surface area contributed by atoms with Gasteiger partial charge in [0, 0.05) is 38.8 Å². The number of methoxy groups -OCH3 is 3. The van der Waals surface area contributed by atoms with Gasteiger partial charge >= 0.3 is 0 Å². The van der Waals surface area contributed by atoms with Crippen molar-refractivity contribution < 1.29 is 27.4 Å². The number of hydrogen-bond acceptors (Lipinski definition) is 7. The topological polar surface area (TPSA) is 88.6 Å². The number of carbonyl (C=O) groups is 1. The Morgan fingerprint density at radius 2 is 1.52 bits per heavy atom. The molecule has 0 aromatic heterocycles. The number of nitrogens with zero attached hydrogens (tertiary/aromatic N) is 3. The summed E-state index contributed by atoms with van der Waals surface area (Å²) in [7, 11) is 0.332. The summed E-state index contributed by atoms with van der Waals surface area (Å²) in [6, 6.07) is 21.1. The number of rotatable bonds is 11. The zero-order valence-electron chi connectivity index (χ0n) is 23.0. The van der Waals surface area contributed by atoms with Crippen LogP contribution in [0, 0.1) is 0 Å². The molecule has 1 fully saturated rings. The van der Waals surface area contributed by atoms with Gasteiger partial charge in [-0.3, -0.25) is 14.0 Å². The summed E-state index contributed by atoms with van der Waals surface area (Å²) in [6.07, 6.45) is 4.21. The molecule has 0 radical (unpaired) electrons. The standard InChI is InChI=1S/C30H35N3O6S/c1-37-26-13-11-25(12-14-26)33(40(35,36)27-15-16-28(38-2)29(22-27)39-3)23-30(34)32-20-18-31(19-21-32)17-7-10-24-8-5-4-6-9-24/h4-16,22H,17-21,23H2,1-3H3/b10-7+. The second-order valence-corrected chi connectivity index (χ2v) is 11.1. The van der Waals surface area contributed by atoms with E-state index in [0.29, 0.717) is 43.4 Å². The zero-order valence-corrected chi connectivity index (χ0v) is 23.8. The second kappa shape index (κ2) is 13.4. The molecular weight excluding hydrogens is 530 g/mol. The van der Waals surface area contributed by atoms with Crippen molar-refractivity contribution >= 4 is 27.7 Å². The van der Waals surface area contributed by atoms with Gasteiger partial charge in [0.2, 0.25) is 5.91 Å². The molecule has 4 rings (SSSR count). The van der Waals surface area contributed by atoms with Crippen LogP contribution < -0.4 is 18.5 Å². The fourth-order valence-corrected chi connectivity index (χ4v) is 5.90. The molecule has 3 aromatic rings. The van der Waals surface area contributed by atoms with Gasteiger partial charge in [0.05, 0.1) is 31.9 Å². The van der Waals surface area contributed by atoms with Crippen molar-refractivity contribution in [2.45, 2.75) is 4.90 Å². The molecule has 1 amide bonds. The Bertz CT molecular complexity index is 1400. The van der Waals surface area contributed by atoms with Crippen LogP contribution in [-0.2, 0) is 14.8 Å². The summed E-state index contributed by atoms with van der Waals surface area (Å²) in [5.41, 5.74) is 1.50. The third-order valence-corrected chi connectivity index (χ3v) is 8.55. The van der Waals surface area contributed by atoms with E-state index < -0.39 is 10.0 Å². The van der Waals surface area contributed by atoms with Gasteiger partial charge in [0.15, 0.2) is 11.5 Å². The molecule has 40 heavy (non-hydrogen) atoms. The van der Waals surface area contributed by atoms with E-state index >= 15 is 0 Å². The summed E-state index contributed by atoms with van der Waals surface area (Å²) in [5, 5.41) is 0. The first-order valence-electron chi connectivity index (χ1n) is 13.0. The molecule has 0 aliphatic carbocycles. The highest BCUT2D eigenvalue weighted by Crippen LogP contribution is 2.32. The number of ether oxygens (including phenoxy) is 3. The third kappa shape index (κ3) is 6.94. The van der Waals surface area contributed by atoms with Crippen LogP contribution >= 0.6 is 0 Å². The molecule has 1 saturated heterocycles. The van der Waals surface area contributed by atoms with Crippen LogP contribution in [0.4, 0.5) is 5.69 Å². The molecule has 1 aliphatic rings. The van der Waals surface area contributed by atoms with Crippen molar-refractivity contribution in [1.29, 1.82) is 0 Å². The Kier molecular flexibility index (Phi) is 9.68. The lowest BCUT2D eigenvalue weighted by Gasteiger charge is -2.35.